The van der Waals surface area contributed by atoms with E-state index in [4.69, 9.17) is 0 Å². The van der Waals surface area contributed by atoms with Crippen molar-refractivity contribution in [3.8, 4) is 0 Å². The average molecular weight is 402 g/mol. The van der Waals surface area contributed by atoms with Crippen LogP contribution in [0.1, 0.15) is 29.3 Å². The number of hydrazone groups is 1. The van der Waals surface area contributed by atoms with Gasteiger partial charge in [0.25, 0.3) is 5.91 Å². The van der Waals surface area contributed by atoms with Crippen LogP contribution in [0.25, 0.3) is 0 Å². The number of amides is 2. The van der Waals surface area contributed by atoms with Crippen molar-refractivity contribution in [2.24, 2.45) is 5.10 Å². The molecule has 2 aromatic rings. The largest absolute Gasteiger partial charge is 0.355 e. The fourth-order valence-corrected chi connectivity index (χ4v) is 2.40. The van der Waals surface area contributed by atoms with Crippen LogP contribution >= 0.6 is 15.9 Å². The third kappa shape index (κ3) is 6.89. The van der Waals surface area contributed by atoms with Gasteiger partial charge in [-0.1, -0.05) is 46.3 Å². The molecule has 0 saturated heterocycles. The molecule has 25 heavy (non-hydrogen) atoms. The zero-order valence-electron chi connectivity index (χ0n) is 14.0. The first kappa shape index (κ1) is 18.9. The van der Waals surface area contributed by atoms with Crippen LogP contribution in [0.15, 0.2) is 64.2 Å². The maximum Gasteiger partial charge on any atom is 0.271 e. The first-order valence-corrected chi connectivity index (χ1v) is 8.73. The van der Waals surface area contributed by atoms with Gasteiger partial charge in [0, 0.05) is 22.3 Å². The number of rotatable bonds is 7. The molecule has 0 heterocycles. The van der Waals surface area contributed by atoms with Crippen molar-refractivity contribution in [3.05, 3.63) is 70.2 Å². The van der Waals surface area contributed by atoms with Gasteiger partial charge >= 0.3 is 0 Å². The molecule has 5 nitrogen and oxygen atoms in total. The second kappa shape index (κ2) is 9.74. The van der Waals surface area contributed by atoms with Gasteiger partial charge < -0.3 is 5.32 Å². The molecular weight excluding hydrogens is 382 g/mol. The van der Waals surface area contributed by atoms with Crippen molar-refractivity contribution in [1.82, 2.24) is 10.7 Å². The molecule has 0 saturated carbocycles. The van der Waals surface area contributed by atoms with Gasteiger partial charge in [-0.05, 0) is 43.2 Å². The molecule has 0 aliphatic heterocycles. The molecule has 0 aliphatic rings. The Morgan fingerprint density at radius 2 is 1.72 bits per heavy atom. The molecule has 2 aromatic carbocycles. The van der Waals surface area contributed by atoms with Crippen LogP contribution in [0, 0.1) is 0 Å². The number of nitrogens with zero attached hydrogens (tertiary/aromatic N) is 1. The van der Waals surface area contributed by atoms with Gasteiger partial charge in [0.05, 0.1) is 6.42 Å². The van der Waals surface area contributed by atoms with Gasteiger partial charge in [-0.15, -0.1) is 0 Å². The minimum atomic E-state index is -0.309. The highest BCUT2D eigenvalue weighted by molar-refractivity contribution is 9.10. The number of carbonyl (C=O) groups is 2. The Balaban J connectivity index is 1.73. The zero-order chi connectivity index (χ0) is 18.1. The normalized spacial score (nSPS) is 11.0. The highest BCUT2D eigenvalue weighted by atomic mass is 79.9. The summed E-state index contributed by atoms with van der Waals surface area (Å²) in [6.07, 6.45) is 0.929. The first-order valence-electron chi connectivity index (χ1n) is 7.94. The van der Waals surface area contributed by atoms with E-state index in [0.717, 1.165) is 10.9 Å². The summed E-state index contributed by atoms with van der Waals surface area (Å²) in [5, 5.41) is 6.82. The molecule has 0 radical (unpaired) electrons. The molecule has 2 rings (SSSR count). The van der Waals surface area contributed by atoms with Crippen molar-refractivity contribution in [3.63, 3.8) is 0 Å². The smallest absolute Gasteiger partial charge is 0.271 e. The van der Waals surface area contributed by atoms with E-state index in [1.54, 1.807) is 31.2 Å². The van der Waals surface area contributed by atoms with E-state index in [9.17, 15) is 9.59 Å². The van der Waals surface area contributed by atoms with Crippen molar-refractivity contribution in [1.29, 1.82) is 0 Å². The topological polar surface area (TPSA) is 70.6 Å². The minimum Gasteiger partial charge on any atom is -0.355 e. The highest BCUT2D eigenvalue weighted by Gasteiger charge is 2.06. The molecule has 6 heteroatoms. The Kier molecular flexibility index (Phi) is 7.35. The molecule has 2 N–H and O–H groups in total. The maximum atomic E-state index is 11.9. The molecular formula is C19H20BrN3O2. The third-order valence-electron chi connectivity index (χ3n) is 3.45. The van der Waals surface area contributed by atoms with Crippen LogP contribution in [-0.2, 0) is 11.2 Å². The van der Waals surface area contributed by atoms with Crippen molar-refractivity contribution >= 4 is 33.5 Å². The Morgan fingerprint density at radius 3 is 2.40 bits per heavy atom. The molecule has 0 aliphatic carbocycles. The van der Waals surface area contributed by atoms with Crippen molar-refractivity contribution in [2.45, 2.75) is 19.8 Å². The lowest BCUT2D eigenvalue weighted by Crippen LogP contribution is -2.28. The predicted molar refractivity (Wildman–Crippen MR) is 102 cm³/mol. The summed E-state index contributed by atoms with van der Waals surface area (Å²) >= 11 is 3.32. The number of carbonyl (C=O) groups excluding carboxylic acids is 2. The molecule has 0 spiro atoms. The lowest BCUT2D eigenvalue weighted by Gasteiger charge is -2.06. The Hall–Kier alpha value is -2.47. The van der Waals surface area contributed by atoms with Crippen LogP contribution < -0.4 is 10.7 Å². The van der Waals surface area contributed by atoms with Crippen molar-refractivity contribution < 1.29 is 9.59 Å². The van der Waals surface area contributed by atoms with Crippen LogP contribution in [0.2, 0.25) is 0 Å². The summed E-state index contributed by atoms with van der Waals surface area (Å²) in [5.41, 5.74) is 4.69. The molecule has 0 bridgehead atoms. The van der Waals surface area contributed by atoms with E-state index in [1.165, 1.54) is 5.56 Å². The lowest BCUT2D eigenvalue weighted by atomic mass is 10.1. The van der Waals surface area contributed by atoms with Gasteiger partial charge in [0.2, 0.25) is 5.91 Å². The van der Waals surface area contributed by atoms with Gasteiger partial charge in [-0.2, -0.15) is 5.10 Å². The van der Waals surface area contributed by atoms with Crippen LogP contribution in [0.3, 0.4) is 0 Å². The summed E-state index contributed by atoms with van der Waals surface area (Å²) in [6.45, 7) is 2.28. The Labute approximate surface area is 155 Å². The predicted octanol–water partition coefficient (Wildman–Crippen LogP) is 3.30. The maximum absolute atomic E-state index is 11.9. The number of nitrogens with one attached hydrogen (secondary N) is 2. The van der Waals surface area contributed by atoms with E-state index in [1.807, 2.05) is 30.3 Å². The summed E-state index contributed by atoms with van der Waals surface area (Å²) in [6, 6.07) is 16.9. The van der Waals surface area contributed by atoms with E-state index >= 15 is 0 Å². The fraction of sp³-hybridized carbons (Fsp3) is 0.211. The van der Waals surface area contributed by atoms with Gasteiger partial charge in [-0.25, -0.2) is 5.43 Å². The molecule has 0 aromatic heterocycles. The monoisotopic (exact) mass is 401 g/mol. The first-order chi connectivity index (χ1) is 12.0. The van der Waals surface area contributed by atoms with E-state index in [2.05, 4.69) is 31.8 Å². The van der Waals surface area contributed by atoms with Gasteiger partial charge in [0.1, 0.15) is 0 Å². The third-order valence-corrected chi connectivity index (χ3v) is 3.98. The summed E-state index contributed by atoms with van der Waals surface area (Å²) in [7, 11) is 0. The second-order valence-corrected chi connectivity index (χ2v) is 6.47. The summed E-state index contributed by atoms with van der Waals surface area (Å²) in [5.74, 6) is -0.425. The zero-order valence-corrected chi connectivity index (χ0v) is 15.5. The highest BCUT2D eigenvalue weighted by Crippen LogP contribution is 2.10. The fourth-order valence-electron chi connectivity index (χ4n) is 2.14. The molecule has 2 amide bonds. The quantitative estimate of drug-likeness (QED) is 0.551. The Morgan fingerprint density at radius 1 is 1.04 bits per heavy atom. The number of halogens is 1. The Bertz CT molecular complexity index is 743. The van der Waals surface area contributed by atoms with E-state index in [0.29, 0.717) is 17.8 Å². The van der Waals surface area contributed by atoms with Crippen LogP contribution in [0.4, 0.5) is 0 Å². The van der Waals surface area contributed by atoms with Crippen LogP contribution in [-0.4, -0.2) is 24.1 Å². The van der Waals surface area contributed by atoms with E-state index in [-0.39, 0.29) is 18.2 Å². The second-order valence-electron chi connectivity index (χ2n) is 5.56. The number of hydrogen-bond donors (Lipinski definition) is 2. The summed E-state index contributed by atoms with van der Waals surface area (Å²) in [4.78, 5) is 23.8. The van der Waals surface area contributed by atoms with E-state index < -0.39 is 0 Å². The number of hydrogen-bond acceptors (Lipinski definition) is 3. The number of benzene rings is 2. The standard InChI is InChI=1S/C19H20BrN3O2/c1-14(22-23-19(25)16-7-9-17(20)10-8-16)13-18(24)21-12-11-15-5-3-2-4-6-15/h2-10H,11-13H2,1H3,(H,21,24)(H,23,25). The minimum absolute atomic E-state index is 0.116. The van der Waals surface area contributed by atoms with Crippen LogP contribution in [0.5, 0.6) is 0 Å². The lowest BCUT2D eigenvalue weighted by molar-refractivity contribution is -0.119. The molecule has 0 unspecified atom stereocenters. The summed E-state index contributed by atoms with van der Waals surface area (Å²) < 4.78 is 0.899. The van der Waals surface area contributed by atoms with Gasteiger partial charge in [-0.3, -0.25) is 9.59 Å². The molecule has 130 valence electrons. The molecule has 0 atom stereocenters. The average Bonchev–Trinajstić information content (AvgIpc) is 2.61. The van der Waals surface area contributed by atoms with Gasteiger partial charge in [0.15, 0.2) is 0 Å². The molecule has 0 fully saturated rings. The van der Waals surface area contributed by atoms with Crippen molar-refractivity contribution in [2.75, 3.05) is 6.54 Å². The SMILES string of the molecule is CC(CC(=O)NCCc1ccccc1)=NNC(=O)c1ccc(Br)cc1.